The van der Waals surface area contributed by atoms with Crippen molar-refractivity contribution in [2.45, 2.75) is 32.6 Å². The van der Waals surface area contributed by atoms with Gasteiger partial charge in [0.2, 0.25) is 0 Å². The van der Waals surface area contributed by atoms with Crippen molar-refractivity contribution >= 4 is 11.7 Å². The molecule has 1 heterocycles. The number of nitriles is 1. The summed E-state index contributed by atoms with van der Waals surface area (Å²) in [6.45, 7) is 3.63. The van der Waals surface area contributed by atoms with Crippen LogP contribution in [0.4, 0.5) is 10.5 Å². The van der Waals surface area contributed by atoms with Crippen molar-refractivity contribution in [3.8, 4) is 6.07 Å². The number of amides is 2. The van der Waals surface area contributed by atoms with E-state index in [2.05, 4.69) is 18.3 Å². The lowest BCUT2D eigenvalue weighted by Crippen LogP contribution is -2.46. The normalized spacial score (nSPS) is 16.9. The Hall–Kier alpha value is -2.06. The molecule has 118 valence electrons. The van der Waals surface area contributed by atoms with Crippen LogP contribution in [0.15, 0.2) is 24.3 Å². The Kier molecular flexibility index (Phi) is 5.40. The number of aliphatic hydroxyl groups is 1. The van der Waals surface area contributed by atoms with Crippen molar-refractivity contribution in [3.63, 3.8) is 0 Å². The lowest BCUT2D eigenvalue weighted by molar-refractivity contribution is 0.0542. The lowest BCUT2D eigenvalue weighted by atomic mass is 9.77. The molecule has 0 unspecified atom stereocenters. The van der Waals surface area contributed by atoms with E-state index in [1.807, 2.05) is 24.3 Å². The molecule has 0 atom stereocenters. The molecular formula is C17H23N3O2. The van der Waals surface area contributed by atoms with Crippen LogP contribution in [-0.4, -0.2) is 35.7 Å². The number of hydrogen-bond donors (Lipinski definition) is 2. The molecule has 0 radical (unpaired) electrons. The molecule has 0 aromatic heterocycles. The van der Waals surface area contributed by atoms with Gasteiger partial charge in [-0.15, -0.1) is 0 Å². The number of benzene rings is 1. The van der Waals surface area contributed by atoms with E-state index in [9.17, 15) is 9.90 Å². The van der Waals surface area contributed by atoms with Crippen LogP contribution in [0, 0.1) is 16.7 Å². The molecule has 1 saturated heterocycles. The van der Waals surface area contributed by atoms with Crippen LogP contribution in [0.25, 0.3) is 0 Å². The number of nitrogens with zero attached hydrogens (tertiary/aromatic N) is 2. The first-order chi connectivity index (χ1) is 10.6. The quantitative estimate of drug-likeness (QED) is 0.897. The number of piperidine rings is 1. The fourth-order valence-electron chi connectivity index (χ4n) is 2.81. The Balaban J connectivity index is 1.89. The maximum Gasteiger partial charge on any atom is 0.321 e. The van der Waals surface area contributed by atoms with Crippen molar-refractivity contribution in [2.75, 3.05) is 25.0 Å². The van der Waals surface area contributed by atoms with E-state index >= 15 is 0 Å². The van der Waals surface area contributed by atoms with E-state index < -0.39 is 0 Å². The van der Waals surface area contributed by atoms with Gasteiger partial charge in [0.1, 0.15) is 0 Å². The van der Waals surface area contributed by atoms with Gasteiger partial charge in [-0.3, -0.25) is 0 Å². The SMILES string of the molecule is CCC1(CO)CCN(C(=O)Nc2ccc(CC#N)cc2)CC1. The fourth-order valence-corrected chi connectivity index (χ4v) is 2.81. The number of anilines is 1. The predicted octanol–water partition coefficient (Wildman–Crippen LogP) is 2.77. The van der Waals surface area contributed by atoms with Crippen molar-refractivity contribution in [3.05, 3.63) is 29.8 Å². The Morgan fingerprint density at radius 3 is 2.50 bits per heavy atom. The van der Waals surface area contributed by atoms with Crippen LogP contribution in [0.2, 0.25) is 0 Å². The van der Waals surface area contributed by atoms with Gasteiger partial charge in [-0.05, 0) is 42.4 Å². The second-order valence-corrected chi connectivity index (χ2v) is 5.96. The predicted molar refractivity (Wildman–Crippen MR) is 85.4 cm³/mol. The first kappa shape index (κ1) is 16.3. The minimum absolute atomic E-state index is 0.0181. The highest BCUT2D eigenvalue weighted by atomic mass is 16.3. The topological polar surface area (TPSA) is 76.4 Å². The first-order valence-corrected chi connectivity index (χ1v) is 7.75. The first-order valence-electron chi connectivity index (χ1n) is 7.75. The number of rotatable bonds is 4. The second kappa shape index (κ2) is 7.28. The standard InChI is InChI=1S/C17H23N3O2/c1-2-17(13-21)8-11-20(12-9-17)16(22)19-15-5-3-14(4-6-15)7-10-18/h3-6,21H,2,7-9,11-13H2,1H3,(H,19,22). The molecule has 2 N–H and O–H groups in total. The Morgan fingerprint density at radius 2 is 2.00 bits per heavy atom. The van der Waals surface area contributed by atoms with Crippen molar-refractivity contribution in [1.29, 1.82) is 5.26 Å². The molecule has 22 heavy (non-hydrogen) atoms. The van der Waals surface area contributed by atoms with Crippen molar-refractivity contribution in [2.24, 2.45) is 5.41 Å². The van der Waals surface area contributed by atoms with Gasteiger partial charge in [-0.25, -0.2) is 4.79 Å². The van der Waals surface area contributed by atoms with Gasteiger partial charge >= 0.3 is 6.03 Å². The third kappa shape index (κ3) is 3.77. The highest BCUT2D eigenvalue weighted by Gasteiger charge is 2.33. The van der Waals surface area contributed by atoms with Gasteiger partial charge in [0, 0.05) is 25.4 Å². The molecule has 5 nitrogen and oxygen atoms in total. The van der Waals surface area contributed by atoms with Gasteiger partial charge in [-0.2, -0.15) is 5.26 Å². The summed E-state index contributed by atoms with van der Waals surface area (Å²) in [5, 5.41) is 21.1. The summed E-state index contributed by atoms with van der Waals surface area (Å²) in [4.78, 5) is 14.1. The van der Waals surface area contributed by atoms with E-state index in [0.717, 1.165) is 30.5 Å². The highest BCUT2D eigenvalue weighted by molar-refractivity contribution is 5.89. The molecule has 1 aromatic rings. The summed E-state index contributed by atoms with van der Waals surface area (Å²) in [6.07, 6.45) is 3.00. The molecule has 0 spiro atoms. The van der Waals surface area contributed by atoms with Crippen LogP contribution in [0.5, 0.6) is 0 Å². The summed E-state index contributed by atoms with van der Waals surface area (Å²) in [5.41, 5.74) is 1.66. The summed E-state index contributed by atoms with van der Waals surface area (Å²) in [7, 11) is 0. The van der Waals surface area contributed by atoms with Crippen molar-refractivity contribution in [1.82, 2.24) is 4.90 Å². The maximum absolute atomic E-state index is 12.3. The van der Waals surface area contributed by atoms with E-state index in [1.165, 1.54) is 0 Å². The average Bonchev–Trinajstić information content (AvgIpc) is 2.57. The molecule has 1 fully saturated rings. The Bertz CT molecular complexity index is 534. The number of nitrogens with one attached hydrogen (secondary N) is 1. The second-order valence-electron chi connectivity index (χ2n) is 5.96. The monoisotopic (exact) mass is 301 g/mol. The molecule has 1 aromatic carbocycles. The summed E-state index contributed by atoms with van der Waals surface area (Å²) in [5.74, 6) is 0. The van der Waals surface area contributed by atoms with E-state index in [-0.39, 0.29) is 18.1 Å². The van der Waals surface area contributed by atoms with Gasteiger partial charge in [0.05, 0.1) is 12.5 Å². The number of likely N-dealkylation sites (tertiary alicyclic amines) is 1. The Labute approximate surface area is 131 Å². The van der Waals surface area contributed by atoms with E-state index in [0.29, 0.717) is 19.5 Å². The third-order valence-corrected chi connectivity index (χ3v) is 4.69. The fraction of sp³-hybridized carbons (Fsp3) is 0.529. The number of carbonyl (C=O) groups excluding carboxylic acids is 1. The highest BCUT2D eigenvalue weighted by Crippen LogP contribution is 2.34. The minimum Gasteiger partial charge on any atom is -0.396 e. The molecule has 0 bridgehead atoms. The molecule has 2 amide bonds. The summed E-state index contributed by atoms with van der Waals surface area (Å²) in [6, 6.07) is 9.33. The molecular weight excluding hydrogens is 278 g/mol. The molecule has 5 heteroatoms. The molecule has 1 aliphatic rings. The van der Waals surface area contributed by atoms with Crippen LogP contribution in [0.3, 0.4) is 0 Å². The zero-order chi connectivity index (χ0) is 16.0. The number of carbonyl (C=O) groups is 1. The maximum atomic E-state index is 12.3. The van der Waals surface area contributed by atoms with E-state index in [4.69, 9.17) is 5.26 Å². The van der Waals surface area contributed by atoms with Crippen LogP contribution in [0.1, 0.15) is 31.7 Å². The van der Waals surface area contributed by atoms with E-state index in [1.54, 1.807) is 4.90 Å². The van der Waals surface area contributed by atoms with Crippen LogP contribution < -0.4 is 5.32 Å². The van der Waals surface area contributed by atoms with Gasteiger partial charge in [-0.1, -0.05) is 19.1 Å². The zero-order valence-electron chi connectivity index (χ0n) is 13.0. The van der Waals surface area contributed by atoms with Gasteiger partial charge in [0.25, 0.3) is 0 Å². The van der Waals surface area contributed by atoms with Crippen LogP contribution >= 0.6 is 0 Å². The largest absolute Gasteiger partial charge is 0.396 e. The molecule has 0 aliphatic carbocycles. The van der Waals surface area contributed by atoms with Crippen molar-refractivity contribution < 1.29 is 9.90 Å². The molecule has 2 rings (SSSR count). The average molecular weight is 301 g/mol. The minimum atomic E-state index is -0.101. The molecule has 1 aliphatic heterocycles. The number of urea groups is 1. The summed E-state index contributed by atoms with van der Waals surface area (Å²) < 4.78 is 0. The zero-order valence-corrected chi connectivity index (χ0v) is 13.0. The smallest absolute Gasteiger partial charge is 0.321 e. The number of aliphatic hydroxyl groups excluding tert-OH is 1. The third-order valence-electron chi connectivity index (χ3n) is 4.69. The van der Waals surface area contributed by atoms with Crippen LogP contribution in [-0.2, 0) is 6.42 Å². The Morgan fingerprint density at radius 1 is 1.36 bits per heavy atom. The van der Waals surface area contributed by atoms with Gasteiger partial charge < -0.3 is 15.3 Å². The number of hydrogen-bond acceptors (Lipinski definition) is 3. The lowest BCUT2D eigenvalue weighted by Gasteiger charge is -2.40. The van der Waals surface area contributed by atoms with Gasteiger partial charge in [0.15, 0.2) is 0 Å². The molecule has 0 saturated carbocycles. The summed E-state index contributed by atoms with van der Waals surface area (Å²) >= 11 is 0.